The van der Waals surface area contributed by atoms with Crippen LogP contribution < -0.4 is 4.74 Å². The van der Waals surface area contributed by atoms with Crippen molar-refractivity contribution in [2.24, 2.45) is 0 Å². The minimum atomic E-state index is -0.336. The van der Waals surface area contributed by atoms with Crippen LogP contribution in [0.2, 0.25) is 0 Å². The summed E-state index contributed by atoms with van der Waals surface area (Å²) in [5.41, 5.74) is 0.560. The lowest BCUT2D eigenvalue weighted by Crippen LogP contribution is -1.87. The highest BCUT2D eigenvalue weighted by atomic mass is 19.1. The summed E-state index contributed by atoms with van der Waals surface area (Å²) < 4.78 is 23.1. The van der Waals surface area contributed by atoms with E-state index >= 15 is 0 Å². The summed E-state index contributed by atoms with van der Waals surface area (Å²) in [6.07, 6.45) is 2.80. The molecule has 0 fully saturated rings. The maximum absolute atomic E-state index is 13.0. The Bertz CT molecular complexity index is 426. The van der Waals surface area contributed by atoms with Crippen molar-refractivity contribution in [3.05, 3.63) is 36.6 Å². The van der Waals surface area contributed by atoms with Gasteiger partial charge in [-0.25, -0.2) is 9.37 Å². The van der Waals surface area contributed by atoms with Gasteiger partial charge >= 0.3 is 0 Å². The van der Waals surface area contributed by atoms with Crippen LogP contribution in [-0.2, 0) is 0 Å². The Morgan fingerprint density at radius 1 is 1.43 bits per heavy atom. The summed E-state index contributed by atoms with van der Waals surface area (Å²) in [5.74, 6) is 0.710. The van der Waals surface area contributed by atoms with Gasteiger partial charge in [-0.1, -0.05) is 0 Å². The van der Waals surface area contributed by atoms with Crippen molar-refractivity contribution in [1.29, 1.82) is 0 Å². The Kier molecular flexibility index (Phi) is 2.18. The first-order chi connectivity index (χ1) is 6.81. The fourth-order valence-electron chi connectivity index (χ4n) is 1.22. The number of oxazole rings is 1. The molecule has 0 aliphatic heterocycles. The first-order valence-electron chi connectivity index (χ1n) is 4.03. The third-order valence-electron chi connectivity index (χ3n) is 1.86. The van der Waals surface area contributed by atoms with Crippen LogP contribution in [0.25, 0.3) is 11.3 Å². The van der Waals surface area contributed by atoms with E-state index in [1.165, 1.54) is 31.8 Å². The number of rotatable bonds is 2. The first kappa shape index (κ1) is 8.74. The summed E-state index contributed by atoms with van der Waals surface area (Å²) in [5, 5.41) is 0. The third kappa shape index (κ3) is 1.46. The second-order valence-electron chi connectivity index (χ2n) is 2.71. The number of hydrogen-bond donors (Lipinski definition) is 0. The van der Waals surface area contributed by atoms with Crippen LogP contribution in [0.1, 0.15) is 0 Å². The van der Waals surface area contributed by atoms with E-state index in [9.17, 15) is 4.39 Å². The summed E-state index contributed by atoms with van der Waals surface area (Å²) in [4.78, 5) is 3.76. The molecular weight excluding hydrogens is 185 g/mol. The zero-order chi connectivity index (χ0) is 9.97. The Labute approximate surface area is 80.1 Å². The van der Waals surface area contributed by atoms with Crippen LogP contribution in [-0.4, -0.2) is 12.1 Å². The van der Waals surface area contributed by atoms with Crippen LogP contribution in [0.5, 0.6) is 5.75 Å². The highest BCUT2D eigenvalue weighted by molar-refractivity contribution is 5.64. The summed E-state index contributed by atoms with van der Waals surface area (Å²) in [7, 11) is 1.52. The fraction of sp³-hybridized carbons (Fsp3) is 0.100. The lowest BCUT2D eigenvalue weighted by atomic mass is 10.1. The van der Waals surface area contributed by atoms with Gasteiger partial charge in [-0.3, -0.25) is 0 Å². The highest BCUT2D eigenvalue weighted by Crippen LogP contribution is 2.29. The molecule has 0 radical (unpaired) electrons. The molecule has 4 heteroatoms. The van der Waals surface area contributed by atoms with Crippen LogP contribution in [0.3, 0.4) is 0 Å². The standard InChI is InChI=1S/C10H8FNO2/c1-13-9-3-2-7(11)4-8(9)10-5-12-6-14-10/h2-6H,1H3. The Morgan fingerprint density at radius 3 is 2.93 bits per heavy atom. The first-order valence-corrected chi connectivity index (χ1v) is 4.03. The predicted molar refractivity (Wildman–Crippen MR) is 48.4 cm³/mol. The predicted octanol–water partition coefficient (Wildman–Crippen LogP) is 2.49. The quantitative estimate of drug-likeness (QED) is 0.734. The average molecular weight is 193 g/mol. The maximum atomic E-state index is 13.0. The summed E-state index contributed by atoms with van der Waals surface area (Å²) in [6, 6.07) is 4.23. The van der Waals surface area contributed by atoms with Gasteiger partial charge in [0.2, 0.25) is 0 Å². The number of halogens is 1. The molecule has 0 bridgehead atoms. The van der Waals surface area contributed by atoms with Crippen molar-refractivity contribution >= 4 is 0 Å². The van der Waals surface area contributed by atoms with E-state index < -0.39 is 0 Å². The molecule has 1 aromatic heterocycles. The third-order valence-corrected chi connectivity index (χ3v) is 1.86. The fourth-order valence-corrected chi connectivity index (χ4v) is 1.22. The number of benzene rings is 1. The molecule has 3 nitrogen and oxygen atoms in total. The topological polar surface area (TPSA) is 35.3 Å². The lowest BCUT2D eigenvalue weighted by Gasteiger charge is -2.04. The molecule has 14 heavy (non-hydrogen) atoms. The molecule has 0 atom stereocenters. The molecule has 0 aliphatic carbocycles. The molecule has 0 saturated heterocycles. The van der Waals surface area contributed by atoms with E-state index in [0.29, 0.717) is 17.1 Å². The molecule has 0 spiro atoms. The van der Waals surface area contributed by atoms with Crippen molar-refractivity contribution in [3.63, 3.8) is 0 Å². The van der Waals surface area contributed by atoms with Crippen molar-refractivity contribution in [3.8, 4) is 17.1 Å². The van der Waals surface area contributed by atoms with Crippen molar-refractivity contribution in [2.45, 2.75) is 0 Å². The highest BCUT2D eigenvalue weighted by Gasteiger charge is 2.09. The zero-order valence-electron chi connectivity index (χ0n) is 7.53. The second-order valence-corrected chi connectivity index (χ2v) is 2.71. The second kappa shape index (κ2) is 3.49. The van der Waals surface area contributed by atoms with Gasteiger partial charge in [-0.15, -0.1) is 0 Å². The monoisotopic (exact) mass is 193 g/mol. The van der Waals surface area contributed by atoms with Gasteiger partial charge < -0.3 is 9.15 Å². The minimum absolute atomic E-state index is 0.336. The van der Waals surface area contributed by atoms with E-state index in [1.54, 1.807) is 6.07 Å². The molecule has 0 saturated carbocycles. The van der Waals surface area contributed by atoms with Gasteiger partial charge in [0.25, 0.3) is 0 Å². The van der Waals surface area contributed by atoms with Crippen LogP contribution >= 0.6 is 0 Å². The largest absolute Gasteiger partial charge is 0.496 e. The van der Waals surface area contributed by atoms with E-state index in [2.05, 4.69) is 4.98 Å². The molecule has 72 valence electrons. The van der Waals surface area contributed by atoms with E-state index in [0.717, 1.165) is 0 Å². The number of ether oxygens (including phenoxy) is 1. The van der Waals surface area contributed by atoms with Gasteiger partial charge in [0, 0.05) is 0 Å². The maximum Gasteiger partial charge on any atom is 0.181 e. The Balaban J connectivity index is 2.55. The smallest absolute Gasteiger partial charge is 0.181 e. The molecule has 0 N–H and O–H groups in total. The number of nitrogens with zero attached hydrogens (tertiary/aromatic N) is 1. The molecule has 2 rings (SSSR count). The molecule has 0 aliphatic rings. The molecule has 1 aromatic carbocycles. The van der Waals surface area contributed by atoms with Crippen molar-refractivity contribution < 1.29 is 13.5 Å². The Morgan fingerprint density at radius 2 is 2.29 bits per heavy atom. The molecule has 0 unspecified atom stereocenters. The molecule has 2 aromatic rings. The molecular formula is C10H8FNO2. The molecule has 0 amide bonds. The number of methoxy groups -OCH3 is 1. The van der Waals surface area contributed by atoms with Crippen LogP contribution in [0.4, 0.5) is 4.39 Å². The summed E-state index contributed by atoms with van der Waals surface area (Å²) in [6.45, 7) is 0. The van der Waals surface area contributed by atoms with Gasteiger partial charge in [0.1, 0.15) is 11.6 Å². The SMILES string of the molecule is COc1ccc(F)cc1-c1cnco1. The van der Waals surface area contributed by atoms with Gasteiger partial charge in [0.05, 0.1) is 18.9 Å². The lowest BCUT2D eigenvalue weighted by molar-refractivity contribution is 0.413. The van der Waals surface area contributed by atoms with Gasteiger partial charge in [-0.05, 0) is 18.2 Å². The number of aromatic nitrogens is 1. The van der Waals surface area contributed by atoms with Crippen LogP contribution in [0, 0.1) is 5.82 Å². The summed E-state index contributed by atoms with van der Waals surface area (Å²) >= 11 is 0. The number of hydrogen-bond acceptors (Lipinski definition) is 3. The Hall–Kier alpha value is -1.84. The average Bonchev–Trinajstić information content (AvgIpc) is 2.70. The van der Waals surface area contributed by atoms with Crippen LogP contribution in [0.15, 0.2) is 35.2 Å². The molecule has 1 heterocycles. The minimum Gasteiger partial charge on any atom is -0.496 e. The van der Waals surface area contributed by atoms with E-state index in [4.69, 9.17) is 9.15 Å². The van der Waals surface area contributed by atoms with Gasteiger partial charge in [0.15, 0.2) is 12.2 Å². The van der Waals surface area contributed by atoms with Crippen molar-refractivity contribution in [1.82, 2.24) is 4.98 Å². The normalized spacial score (nSPS) is 10.1. The van der Waals surface area contributed by atoms with E-state index in [-0.39, 0.29) is 5.82 Å². The van der Waals surface area contributed by atoms with Crippen molar-refractivity contribution in [2.75, 3.05) is 7.11 Å². The van der Waals surface area contributed by atoms with Gasteiger partial charge in [-0.2, -0.15) is 0 Å². The van der Waals surface area contributed by atoms with E-state index in [1.807, 2.05) is 0 Å². The zero-order valence-corrected chi connectivity index (χ0v) is 7.53.